The van der Waals surface area contributed by atoms with Gasteiger partial charge in [0.1, 0.15) is 0 Å². The molecule has 0 N–H and O–H groups in total. The Balaban J connectivity index is 1.70. The van der Waals surface area contributed by atoms with Crippen LogP contribution < -0.4 is 0 Å². The maximum Gasteiger partial charge on any atom is 0.275 e. The van der Waals surface area contributed by atoms with Gasteiger partial charge in [-0.1, -0.05) is 18.2 Å². The summed E-state index contributed by atoms with van der Waals surface area (Å²) in [5.41, 5.74) is 2.49. The molecule has 7 heteroatoms. The number of hydrogen-bond donors (Lipinski definition) is 0. The van der Waals surface area contributed by atoms with Gasteiger partial charge in [-0.05, 0) is 6.07 Å². The van der Waals surface area contributed by atoms with Crippen LogP contribution >= 0.6 is 0 Å². The van der Waals surface area contributed by atoms with Gasteiger partial charge in [-0.2, -0.15) is 5.10 Å². The summed E-state index contributed by atoms with van der Waals surface area (Å²) in [5, 5.41) is 5.37. The maximum atomic E-state index is 13.2. The summed E-state index contributed by atoms with van der Waals surface area (Å²) >= 11 is 0. The second-order valence-electron chi connectivity index (χ2n) is 6.53. The normalized spacial score (nSPS) is 17.5. The predicted octanol–water partition coefficient (Wildman–Crippen LogP) is 1.69. The predicted molar refractivity (Wildman–Crippen MR) is 93.0 cm³/mol. The standard InChI is InChI=1S/C18H21N5O2/c1-21-16-6-4-3-5-15(16)17(20-21)18(24)22-8-13(11-25-2)9-23-12-19-7-14(23)10-22/h3-7,12-13H,8-11H2,1-2H3/t13-/m1/s1. The van der Waals surface area contributed by atoms with E-state index < -0.39 is 0 Å². The third-order valence-corrected chi connectivity index (χ3v) is 4.73. The highest BCUT2D eigenvalue weighted by atomic mass is 16.5. The number of carbonyl (C=O) groups excluding carboxylic acids is 1. The summed E-state index contributed by atoms with van der Waals surface area (Å²) in [5.74, 6) is 0.173. The van der Waals surface area contributed by atoms with Crippen LogP contribution in [0.15, 0.2) is 36.8 Å². The number of para-hydroxylation sites is 1. The quantitative estimate of drug-likeness (QED) is 0.728. The van der Waals surface area contributed by atoms with Crippen LogP contribution in [0.2, 0.25) is 0 Å². The first-order valence-corrected chi connectivity index (χ1v) is 8.36. The second-order valence-corrected chi connectivity index (χ2v) is 6.53. The van der Waals surface area contributed by atoms with Crippen LogP contribution in [0.3, 0.4) is 0 Å². The first kappa shape index (κ1) is 15.8. The van der Waals surface area contributed by atoms with E-state index >= 15 is 0 Å². The minimum absolute atomic E-state index is 0.0486. The van der Waals surface area contributed by atoms with Gasteiger partial charge < -0.3 is 14.2 Å². The maximum absolute atomic E-state index is 13.2. The minimum Gasteiger partial charge on any atom is -0.384 e. The molecule has 0 saturated heterocycles. The molecule has 1 atom stereocenters. The van der Waals surface area contributed by atoms with Gasteiger partial charge in [0, 0.05) is 44.7 Å². The van der Waals surface area contributed by atoms with Crippen molar-refractivity contribution in [1.82, 2.24) is 24.2 Å². The third-order valence-electron chi connectivity index (χ3n) is 4.73. The fraction of sp³-hybridized carbons (Fsp3) is 0.389. The lowest BCUT2D eigenvalue weighted by Gasteiger charge is -2.23. The molecule has 0 fully saturated rings. The van der Waals surface area contributed by atoms with Crippen molar-refractivity contribution >= 4 is 16.8 Å². The lowest BCUT2D eigenvalue weighted by molar-refractivity contribution is 0.0662. The molecule has 1 amide bonds. The topological polar surface area (TPSA) is 65.2 Å². The molecule has 1 aromatic carbocycles. The Kier molecular flexibility index (Phi) is 4.01. The number of rotatable bonds is 3. The second kappa shape index (κ2) is 6.33. The van der Waals surface area contributed by atoms with Crippen molar-refractivity contribution in [3.05, 3.63) is 48.2 Å². The number of nitrogens with zero attached hydrogens (tertiary/aromatic N) is 5. The molecule has 1 aliphatic heterocycles. The highest BCUT2D eigenvalue weighted by Crippen LogP contribution is 2.22. The van der Waals surface area contributed by atoms with Crippen molar-refractivity contribution in [2.75, 3.05) is 20.3 Å². The van der Waals surface area contributed by atoms with E-state index in [0.717, 1.165) is 23.1 Å². The fourth-order valence-corrected chi connectivity index (χ4v) is 3.57. The van der Waals surface area contributed by atoms with Gasteiger partial charge >= 0.3 is 0 Å². The van der Waals surface area contributed by atoms with E-state index in [1.807, 2.05) is 48.7 Å². The van der Waals surface area contributed by atoms with Crippen molar-refractivity contribution in [1.29, 1.82) is 0 Å². The van der Waals surface area contributed by atoms with Crippen LogP contribution in [0.4, 0.5) is 0 Å². The summed E-state index contributed by atoms with van der Waals surface area (Å²) in [4.78, 5) is 19.3. The molecule has 0 radical (unpaired) electrons. The highest BCUT2D eigenvalue weighted by molar-refractivity contribution is 6.04. The van der Waals surface area contributed by atoms with Gasteiger partial charge in [-0.15, -0.1) is 0 Å². The summed E-state index contributed by atoms with van der Waals surface area (Å²) in [6.45, 7) is 2.57. The van der Waals surface area contributed by atoms with Crippen molar-refractivity contribution in [3.8, 4) is 0 Å². The Labute approximate surface area is 145 Å². The first-order chi connectivity index (χ1) is 12.2. The van der Waals surface area contributed by atoms with Crippen LogP contribution in [0.25, 0.3) is 10.9 Å². The molecule has 0 aliphatic carbocycles. The van der Waals surface area contributed by atoms with Crippen LogP contribution in [0, 0.1) is 5.92 Å². The number of benzene rings is 1. The van der Waals surface area contributed by atoms with Crippen LogP contribution in [-0.2, 0) is 24.9 Å². The summed E-state index contributed by atoms with van der Waals surface area (Å²) in [6, 6.07) is 7.82. The molecule has 4 rings (SSSR count). The number of amides is 1. The Hall–Kier alpha value is -2.67. The number of ether oxygens (including phenoxy) is 1. The molecule has 2 aromatic heterocycles. The fourth-order valence-electron chi connectivity index (χ4n) is 3.57. The number of hydrogen-bond acceptors (Lipinski definition) is 4. The number of aromatic nitrogens is 4. The van der Waals surface area contributed by atoms with E-state index in [0.29, 0.717) is 25.4 Å². The molecule has 25 heavy (non-hydrogen) atoms. The van der Waals surface area contributed by atoms with Gasteiger partial charge in [-0.3, -0.25) is 9.48 Å². The third kappa shape index (κ3) is 2.80. The molecule has 1 aliphatic rings. The molecule has 0 spiro atoms. The monoisotopic (exact) mass is 339 g/mol. The number of fused-ring (bicyclic) bond motifs is 2. The smallest absolute Gasteiger partial charge is 0.275 e. The lowest BCUT2D eigenvalue weighted by Crippen LogP contribution is -2.35. The number of carbonyl (C=O) groups is 1. The molecule has 3 aromatic rings. The first-order valence-electron chi connectivity index (χ1n) is 8.36. The molecule has 3 heterocycles. The summed E-state index contributed by atoms with van der Waals surface area (Å²) in [6.07, 6.45) is 3.65. The average molecular weight is 339 g/mol. The molecule has 0 saturated carbocycles. The molecular formula is C18H21N5O2. The van der Waals surface area contributed by atoms with E-state index in [4.69, 9.17) is 4.74 Å². The zero-order chi connectivity index (χ0) is 17.4. The zero-order valence-corrected chi connectivity index (χ0v) is 14.4. The number of aryl methyl sites for hydroxylation is 1. The minimum atomic E-state index is -0.0486. The van der Waals surface area contributed by atoms with Crippen LogP contribution in [0.1, 0.15) is 16.2 Å². The Morgan fingerprint density at radius 1 is 1.32 bits per heavy atom. The Morgan fingerprint density at radius 2 is 2.16 bits per heavy atom. The average Bonchev–Trinajstić information content (AvgIpc) is 3.14. The molecule has 7 nitrogen and oxygen atoms in total. The van der Waals surface area contributed by atoms with Gasteiger partial charge in [-0.25, -0.2) is 4.98 Å². The van der Waals surface area contributed by atoms with Crippen LogP contribution in [-0.4, -0.2) is 50.4 Å². The van der Waals surface area contributed by atoms with E-state index in [-0.39, 0.29) is 11.8 Å². The van der Waals surface area contributed by atoms with E-state index in [9.17, 15) is 4.79 Å². The Bertz CT molecular complexity index is 913. The molecular weight excluding hydrogens is 318 g/mol. The van der Waals surface area contributed by atoms with Crippen molar-refractivity contribution < 1.29 is 9.53 Å². The van der Waals surface area contributed by atoms with Gasteiger partial charge in [0.05, 0.1) is 30.7 Å². The van der Waals surface area contributed by atoms with Gasteiger partial charge in [0.2, 0.25) is 0 Å². The van der Waals surface area contributed by atoms with Gasteiger partial charge in [0.25, 0.3) is 5.91 Å². The Morgan fingerprint density at radius 3 is 3.00 bits per heavy atom. The van der Waals surface area contributed by atoms with E-state index in [2.05, 4.69) is 14.6 Å². The molecule has 130 valence electrons. The highest BCUT2D eigenvalue weighted by Gasteiger charge is 2.28. The van der Waals surface area contributed by atoms with Gasteiger partial charge in [0.15, 0.2) is 5.69 Å². The summed E-state index contributed by atoms with van der Waals surface area (Å²) < 4.78 is 9.21. The number of imidazole rings is 1. The zero-order valence-electron chi connectivity index (χ0n) is 14.4. The largest absolute Gasteiger partial charge is 0.384 e. The molecule has 0 unspecified atom stereocenters. The van der Waals surface area contributed by atoms with Crippen molar-refractivity contribution in [2.24, 2.45) is 13.0 Å². The lowest BCUT2D eigenvalue weighted by atomic mass is 10.1. The summed E-state index contributed by atoms with van der Waals surface area (Å²) in [7, 11) is 3.56. The van der Waals surface area contributed by atoms with Crippen molar-refractivity contribution in [2.45, 2.75) is 13.1 Å². The van der Waals surface area contributed by atoms with E-state index in [1.54, 1.807) is 11.8 Å². The number of methoxy groups -OCH3 is 1. The van der Waals surface area contributed by atoms with Crippen LogP contribution in [0.5, 0.6) is 0 Å². The van der Waals surface area contributed by atoms with Crippen molar-refractivity contribution in [3.63, 3.8) is 0 Å². The molecule has 0 bridgehead atoms. The SMILES string of the molecule is COC[C@@H]1CN(C(=O)c2nn(C)c3ccccc23)Cc2cncn2C1. The van der Waals surface area contributed by atoms with E-state index in [1.165, 1.54) is 0 Å².